The highest BCUT2D eigenvalue weighted by Crippen LogP contribution is 2.43. The molecule has 0 unspecified atom stereocenters. The van der Waals surface area contributed by atoms with Crippen molar-refractivity contribution in [3.8, 4) is 11.4 Å². The molecule has 2 atom stereocenters. The summed E-state index contributed by atoms with van der Waals surface area (Å²) in [6, 6.07) is 24.6. The number of pyridine rings is 1. The van der Waals surface area contributed by atoms with E-state index in [1.54, 1.807) is 7.11 Å². The second-order valence-electron chi connectivity index (χ2n) is 8.32. The van der Waals surface area contributed by atoms with E-state index in [9.17, 15) is 0 Å². The highest BCUT2D eigenvalue weighted by molar-refractivity contribution is 7.80. The first-order valence-corrected chi connectivity index (χ1v) is 11.4. The van der Waals surface area contributed by atoms with Crippen LogP contribution in [0.5, 0.6) is 5.75 Å². The minimum Gasteiger partial charge on any atom is -0.495 e. The summed E-state index contributed by atoms with van der Waals surface area (Å²) in [6.07, 6.45) is 3.90. The van der Waals surface area contributed by atoms with Crippen LogP contribution in [0.4, 0.5) is 5.69 Å². The van der Waals surface area contributed by atoms with Gasteiger partial charge in [-0.25, -0.2) is 0 Å². The smallest absolute Gasteiger partial charge is 0.174 e. The molecule has 6 heteroatoms. The third kappa shape index (κ3) is 3.87. The first-order chi connectivity index (χ1) is 16.1. The Hall–Kier alpha value is -3.64. The van der Waals surface area contributed by atoms with Crippen LogP contribution in [-0.2, 0) is 0 Å². The molecule has 4 aromatic rings. The Kier molecular flexibility index (Phi) is 5.60. The van der Waals surface area contributed by atoms with Crippen molar-refractivity contribution in [1.29, 1.82) is 0 Å². The molecule has 0 radical (unpaired) electrons. The molecule has 3 heterocycles. The van der Waals surface area contributed by atoms with E-state index >= 15 is 0 Å². The number of hydrogen-bond donors (Lipinski definition) is 1. The van der Waals surface area contributed by atoms with Crippen molar-refractivity contribution in [2.75, 3.05) is 12.0 Å². The van der Waals surface area contributed by atoms with Crippen LogP contribution in [-0.4, -0.2) is 21.8 Å². The lowest BCUT2D eigenvalue weighted by Gasteiger charge is -2.29. The van der Waals surface area contributed by atoms with Crippen molar-refractivity contribution in [2.45, 2.75) is 25.9 Å². The van der Waals surface area contributed by atoms with E-state index in [2.05, 4.69) is 82.3 Å². The number of hydrogen-bond acceptors (Lipinski definition) is 3. The molecule has 5 rings (SSSR count). The molecule has 1 aliphatic heterocycles. The fraction of sp³-hybridized carbons (Fsp3) is 0.185. The van der Waals surface area contributed by atoms with Crippen molar-refractivity contribution in [3.05, 3.63) is 108 Å². The van der Waals surface area contributed by atoms with Gasteiger partial charge in [0.25, 0.3) is 0 Å². The third-order valence-corrected chi connectivity index (χ3v) is 6.33. The molecule has 1 N–H and O–H groups in total. The number of para-hydroxylation sites is 2. The molecule has 166 valence electrons. The monoisotopic (exact) mass is 454 g/mol. The molecule has 0 saturated carbocycles. The molecular weight excluding hydrogens is 428 g/mol. The standard InChI is InChI=1S/C27H26N4OS/c1-18-15-19(2)17-20(16-18)31-26(25(29-27(31)33)21-9-6-7-13-28-21)23-11-8-14-30(23)22-10-4-5-12-24(22)32-3/h4-17,25-26H,1-3H3,(H,29,33)/t25-,26-/m1/s1. The molecule has 0 bridgehead atoms. The minimum atomic E-state index is -0.108. The summed E-state index contributed by atoms with van der Waals surface area (Å²) >= 11 is 5.90. The molecule has 2 aromatic carbocycles. The zero-order chi connectivity index (χ0) is 22.9. The Morgan fingerprint density at radius 1 is 0.939 bits per heavy atom. The van der Waals surface area contributed by atoms with Gasteiger partial charge in [0.2, 0.25) is 0 Å². The summed E-state index contributed by atoms with van der Waals surface area (Å²) in [5, 5.41) is 4.24. The number of aromatic nitrogens is 2. The van der Waals surface area contributed by atoms with Gasteiger partial charge in [0.05, 0.1) is 24.5 Å². The lowest BCUT2D eigenvalue weighted by atomic mass is 10.00. The van der Waals surface area contributed by atoms with Crippen LogP contribution in [0.15, 0.2) is 85.2 Å². The number of anilines is 1. The van der Waals surface area contributed by atoms with Crippen molar-refractivity contribution in [1.82, 2.24) is 14.9 Å². The first-order valence-electron chi connectivity index (χ1n) is 11.0. The molecule has 0 spiro atoms. The predicted molar refractivity (Wildman–Crippen MR) is 136 cm³/mol. The van der Waals surface area contributed by atoms with E-state index in [0.29, 0.717) is 5.11 Å². The van der Waals surface area contributed by atoms with E-state index in [4.69, 9.17) is 17.0 Å². The van der Waals surface area contributed by atoms with E-state index in [-0.39, 0.29) is 12.1 Å². The second-order valence-corrected chi connectivity index (χ2v) is 8.70. The van der Waals surface area contributed by atoms with E-state index in [1.165, 1.54) is 11.1 Å². The molecule has 2 aromatic heterocycles. The summed E-state index contributed by atoms with van der Waals surface area (Å²) in [4.78, 5) is 6.89. The summed E-state index contributed by atoms with van der Waals surface area (Å²) in [5.74, 6) is 0.816. The predicted octanol–water partition coefficient (Wildman–Crippen LogP) is 5.67. The van der Waals surface area contributed by atoms with Gasteiger partial charge < -0.3 is 19.5 Å². The van der Waals surface area contributed by atoms with Gasteiger partial charge in [-0.15, -0.1) is 0 Å². The maximum absolute atomic E-state index is 5.90. The number of methoxy groups -OCH3 is 1. The lowest BCUT2D eigenvalue weighted by Crippen LogP contribution is -2.30. The Morgan fingerprint density at radius 2 is 1.70 bits per heavy atom. The van der Waals surface area contributed by atoms with Gasteiger partial charge in [-0.3, -0.25) is 4.98 Å². The SMILES string of the molecule is COc1ccccc1-n1cccc1[C@@H]1[C@@H](c2ccccn2)NC(=S)N1c1cc(C)cc(C)c1. The van der Waals surface area contributed by atoms with Crippen LogP contribution in [0.25, 0.3) is 5.69 Å². The second kappa shape index (κ2) is 8.71. The number of ether oxygens (including phenoxy) is 1. The fourth-order valence-electron chi connectivity index (χ4n) is 4.71. The van der Waals surface area contributed by atoms with Gasteiger partial charge in [0.15, 0.2) is 5.11 Å². The van der Waals surface area contributed by atoms with Crippen LogP contribution < -0.4 is 15.0 Å². The van der Waals surface area contributed by atoms with Gasteiger partial charge in [0, 0.05) is 23.8 Å². The zero-order valence-corrected chi connectivity index (χ0v) is 19.7. The van der Waals surface area contributed by atoms with Crippen LogP contribution in [0.1, 0.15) is 34.6 Å². The van der Waals surface area contributed by atoms with Gasteiger partial charge in [-0.05, 0) is 85.7 Å². The topological polar surface area (TPSA) is 42.3 Å². The summed E-state index contributed by atoms with van der Waals surface area (Å²) in [7, 11) is 1.70. The maximum atomic E-state index is 5.90. The van der Waals surface area contributed by atoms with Crippen LogP contribution in [0.3, 0.4) is 0 Å². The average Bonchev–Trinajstić information content (AvgIpc) is 3.43. The molecule has 33 heavy (non-hydrogen) atoms. The van der Waals surface area contributed by atoms with E-state index in [0.717, 1.165) is 28.5 Å². The highest BCUT2D eigenvalue weighted by Gasteiger charge is 2.42. The number of nitrogens with zero attached hydrogens (tertiary/aromatic N) is 3. The number of thiocarbonyl (C=S) groups is 1. The van der Waals surface area contributed by atoms with Crippen molar-refractivity contribution >= 4 is 23.0 Å². The van der Waals surface area contributed by atoms with Crippen molar-refractivity contribution in [3.63, 3.8) is 0 Å². The molecular formula is C27H26N4OS. The molecule has 0 amide bonds. The van der Waals surface area contributed by atoms with Crippen molar-refractivity contribution < 1.29 is 4.74 Å². The number of aryl methyl sites for hydroxylation is 2. The van der Waals surface area contributed by atoms with E-state index < -0.39 is 0 Å². The Morgan fingerprint density at radius 3 is 2.42 bits per heavy atom. The maximum Gasteiger partial charge on any atom is 0.174 e. The summed E-state index contributed by atoms with van der Waals surface area (Å²) in [6.45, 7) is 4.23. The fourth-order valence-corrected chi connectivity index (χ4v) is 5.05. The zero-order valence-electron chi connectivity index (χ0n) is 18.9. The highest BCUT2D eigenvalue weighted by atomic mass is 32.1. The molecule has 0 aliphatic carbocycles. The van der Waals surface area contributed by atoms with Gasteiger partial charge in [-0.1, -0.05) is 24.3 Å². The molecule has 5 nitrogen and oxygen atoms in total. The number of nitrogens with one attached hydrogen (secondary N) is 1. The van der Waals surface area contributed by atoms with Crippen LogP contribution in [0.2, 0.25) is 0 Å². The minimum absolute atomic E-state index is 0.103. The summed E-state index contributed by atoms with van der Waals surface area (Å²) < 4.78 is 7.86. The quantitative estimate of drug-likeness (QED) is 0.393. The first kappa shape index (κ1) is 21.2. The average molecular weight is 455 g/mol. The van der Waals surface area contributed by atoms with Gasteiger partial charge in [0.1, 0.15) is 11.8 Å². The largest absolute Gasteiger partial charge is 0.495 e. The normalized spacial score (nSPS) is 17.8. The Bertz CT molecular complexity index is 1280. The van der Waals surface area contributed by atoms with Gasteiger partial charge in [-0.2, -0.15) is 0 Å². The van der Waals surface area contributed by atoms with Crippen LogP contribution >= 0.6 is 12.2 Å². The Balaban J connectivity index is 1.70. The van der Waals surface area contributed by atoms with E-state index in [1.807, 2.05) is 36.5 Å². The Labute approximate surface area is 199 Å². The molecule has 1 aliphatic rings. The number of benzene rings is 2. The van der Waals surface area contributed by atoms with Crippen molar-refractivity contribution in [2.24, 2.45) is 0 Å². The van der Waals surface area contributed by atoms with Gasteiger partial charge >= 0.3 is 0 Å². The molecule has 1 saturated heterocycles. The third-order valence-electron chi connectivity index (χ3n) is 6.01. The number of rotatable bonds is 5. The summed E-state index contributed by atoms with van der Waals surface area (Å²) in [5.41, 5.74) is 6.51. The lowest BCUT2D eigenvalue weighted by molar-refractivity contribution is 0.412. The van der Waals surface area contributed by atoms with Crippen LogP contribution in [0, 0.1) is 13.8 Å². The molecule has 1 fully saturated rings.